The quantitative estimate of drug-likeness (QED) is 0.0991. The molecule has 0 aromatic heterocycles. The van der Waals surface area contributed by atoms with E-state index in [0.717, 1.165) is 22.3 Å². The van der Waals surface area contributed by atoms with E-state index in [-0.39, 0.29) is 19.5 Å². The van der Waals surface area contributed by atoms with Crippen molar-refractivity contribution in [3.63, 3.8) is 0 Å². The van der Waals surface area contributed by atoms with Crippen LogP contribution in [0.25, 0.3) is 0 Å². The summed E-state index contributed by atoms with van der Waals surface area (Å²) in [4.78, 5) is 0. The standard InChI is InChI=1S/C40H48O8/c1-30(2)47-40-39(45-27-34-22-14-7-15-23-34)38(44-26-33-20-12-6-13-21-33)37(46-29-41-3)36(48-40)35(43-25-32-18-10-5-11-19-32)28-42-24-31-16-8-4-9-17-31/h4-23,30,35-40H,24-29H2,1-3H3/t35-,36-,37+,38+,39+,40+/m0/s1. The van der Waals surface area contributed by atoms with Gasteiger partial charge >= 0.3 is 0 Å². The van der Waals surface area contributed by atoms with Gasteiger partial charge in [-0.3, -0.25) is 0 Å². The number of benzene rings is 4. The van der Waals surface area contributed by atoms with Gasteiger partial charge in [0.2, 0.25) is 0 Å². The highest BCUT2D eigenvalue weighted by Gasteiger charge is 2.52. The first-order valence-electron chi connectivity index (χ1n) is 16.6. The average Bonchev–Trinajstić information content (AvgIpc) is 3.12. The molecule has 0 bridgehead atoms. The van der Waals surface area contributed by atoms with Crippen molar-refractivity contribution in [3.8, 4) is 0 Å². The lowest BCUT2D eigenvalue weighted by atomic mass is 9.94. The summed E-state index contributed by atoms with van der Waals surface area (Å²) < 4.78 is 51.4. The minimum absolute atomic E-state index is 0.0209. The van der Waals surface area contributed by atoms with Crippen LogP contribution in [-0.2, 0) is 64.3 Å². The molecule has 0 radical (unpaired) electrons. The van der Waals surface area contributed by atoms with Gasteiger partial charge in [0, 0.05) is 7.11 Å². The highest BCUT2D eigenvalue weighted by molar-refractivity contribution is 5.16. The molecular weight excluding hydrogens is 608 g/mol. The van der Waals surface area contributed by atoms with Crippen molar-refractivity contribution in [2.45, 2.75) is 83.2 Å². The summed E-state index contributed by atoms with van der Waals surface area (Å²) in [5.41, 5.74) is 4.15. The summed E-state index contributed by atoms with van der Waals surface area (Å²) in [5.74, 6) is 0. The van der Waals surface area contributed by atoms with Crippen molar-refractivity contribution in [3.05, 3.63) is 144 Å². The zero-order valence-electron chi connectivity index (χ0n) is 28.1. The second kappa shape index (κ2) is 19.5. The third-order valence-electron chi connectivity index (χ3n) is 7.95. The highest BCUT2D eigenvalue weighted by atomic mass is 16.7. The molecule has 0 N–H and O–H groups in total. The molecule has 6 atom stereocenters. The maximum absolute atomic E-state index is 6.83. The molecule has 1 heterocycles. The predicted molar refractivity (Wildman–Crippen MR) is 183 cm³/mol. The second-order valence-electron chi connectivity index (χ2n) is 12.0. The van der Waals surface area contributed by atoms with Gasteiger partial charge in [0.15, 0.2) is 6.29 Å². The highest BCUT2D eigenvalue weighted by Crippen LogP contribution is 2.34. The van der Waals surface area contributed by atoms with Crippen LogP contribution in [0.1, 0.15) is 36.1 Å². The Bertz CT molecular complexity index is 1410. The monoisotopic (exact) mass is 656 g/mol. The zero-order chi connectivity index (χ0) is 33.4. The summed E-state index contributed by atoms with van der Waals surface area (Å²) in [6.07, 6.45) is -4.02. The van der Waals surface area contributed by atoms with Gasteiger partial charge in [0.1, 0.15) is 37.3 Å². The first-order chi connectivity index (χ1) is 23.6. The van der Waals surface area contributed by atoms with Crippen LogP contribution < -0.4 is 0 Å². The largest absolute Gasteiger partial charge is 0.374 e. The van der Waals surface area contributed by atoms with E-state index in [1.54, 1.807) is 7.11 Å². The Morgan fingerprint density at radius 3 is 1.54 bits per heavy atom. The Kier molecular flexibility index (Phi) is 14.6. The molecule has 0 unspecified atom stereocenters. The Morgan fingerprint density at radius 2 is 1.04 bits per heavy atom. The van der Waals surface area contributed by atoms with Gasteiger partial charge in [-0.1, -0.05) is 121 Å². The fraction of sp³-hybridized carbons (Fsp3) is 0.400. The van der Waals surface area contributed by atoms with Crippen molar-refractivity contribution in [1.82, 2.24) is 0 Å². The van der Waals surface area contributed by atoms with Crippen LogP contribution in [-0.4, -0.2) is 63.4 Å². The van der Waals surface area contributed by atoms with Crippen LogP contribution in [0.3, 0.4) is 0 Å². The maximum atomic E-state index is 6.83. The van der Waals surface area contributed by atoms with Crippen molar-refractivity contribution < 1.29 is 37.9 Å². The Labute approximate surface area is 284 Å². The summed E-state index contributed by atoms with van der Waals surface area (Å²) in [6, 6.07) is 40.2. The van der Waals surface area contributed by atoms with Crippen molar-refractivity contribution in [2.24, 2.45) is 0 Å². The lowest BCUT2D eigenvalue weighted by molar-refractivity contribution is -0.348. The van der Waals surface area contributed by atoms with Crippen LogP contribution in [0.2, 0.25) is 0 Å². The van der Waals surface area contributed by atoms with E-state index in [9.17, 15) is 0 Å². The lowest BCUT2D eigenvalue weighted by Crippen LogP contribution is -2.64. The summed E-state index contributed by atoms with van der Waals surface area (Å²) in [7, 11) is 1.60. The molecule has 0 spiro atoms. The Hall–Kier alpha value is -3.44. The molecule has 5 rings (SSSR count). The molecule has 0 amide bonds. The topological polar surface area (TPSA) is 73.8 Å². The van der Waals surface area contributed by atoms with Crippen LogP contribution in [0.15, 0.2) is 121 Å². The molecule has 1 aliphatic rings. The summed E-state index contributed by atoms with van der Waals surface area (Å²) in [6.45, 7) is 5.68. The van der Waals surface area contributed by atoms with Gasteiger partial charge in [0.25, 0.3) is 0 Å². The van der Waals surface area contributed by atoms with E-state index >= 15 is 0 Å². The second-order valence-corrected chi connectivity index (χ2v) is 12.0. The van der Waals surface area contributed by atoms with E-state index in [1.165, 1.54) is 0 Å². The zero-order valence-corrected chi connectivity index (χ0v) is 28.1. The summed E-state index contributed by atoms with van der Waals surface area (Å²) >= 11 is 0. The number of rotatable bonds is 19. The van der Waals surface area contributed by atoms with E-state index in [0.29, 0.717) is 26.4 Å². The van der Waals surface area contributed by atoms with Crippen LogP contribution in [0.5, 0.6) is 0 Å². The van der Waals surface area contributed by atoms with Gasteiger partial charge < -0.3 is 37.9 Å². The number of methoxy groups -OCH3 is 1. The fourth-order valence-corrected chi connectivity index (χ4v) is 5.63. The van der Waals surface area contributed by atoms with Gasteiger partial charge in [-0.05, 0) is 36.1 Å². The molecule has 1 aliphatic heterocycles. The third-order valence-corrected chi connectivity index (χ3v) is 7.95. The van der Waals surface area contributed by atoms with Gasteiger partial charge in [0.05, 0.1) is 39.1 Å². The first-order valence-corrected chi connectivity index (χ1v) is 16.6. The lowest BCUT2D eigenvalue weighted by Gasteiger charge is -2.48. The van der Waals surface area contributed by atoms with Crippen LogP contribution >= 0.6 is 0 Å². The van der Waals surface area contributed by atoms with Crippen LogP contribution in [0.4, 0.5) is 0 Å². The SMILES string of the molecule is COCO[C@H]1[C@@H](OCc2ccccc2)[C@@H](OCc2ccccc2)[C@H](OC(C)C)O[C@H]1[C@H](COCc1ccccc1)OCc1ccccc1. The molecule has 8 nitrogen and oxygen atoms in total. The molecule has 4 aromatic carbocycles. The summed E-state index contributed by atoms with van der Waals surface area (Å²) in [5, 5.41) is 0. The molecule has 0 aliphatic carbocycles. The van der Waals surface area contributed by atoms with E-state index in [4.69, 9.17) is 37.9 Å². The molecule has 0 saturated carbocycles. The first kappa shape index (κ1) is 35.9. The fourth-order valence-electron chi connectivity index (χ4n) is 5.63. The molecule has 8 heteroatoms. The van der Waals surface area contributed by atoms with E-state index in [1.807, 2.05) is 135 Å². The molecular formula is C40H48O8. The normalized spacial score (nSPS) is 21.7. The molecule has 256 valence electrons. The molecule has 48 heavy (non-hydrogen) atoms. The number of hydrogen-bond donors (Lipinski definition) is 0. The third kappa shape index (κ3) is 11.1. The molecule has 1 saturated heterocycles. The molecule has 4 aromatic rings. The van der Waals surface area contributed by atoms with Crippen LogP contribution in [0, 0.1) is 0 Å². The Morgan fingerprint density at radius 1 is 0.562 bits per heavy atom. The average molecular weight is 657 g/mol. The molecule has 1 fully saturated rings. The van der Waals surface area contributed by atoms with Crippen molar-refractivity contribution in [2.75, 3.05) is 20.5 Å². The maximum Gasteiger partial charge on any atom is 0.187 e. The van der Waals surface area contributed by atoms with E-state index in [2.05, 4.69) is 0 Å². The minimum atomic E-state index is -0.779. The van der Waals surface area contributed by atoms with Crippen molar-refractivity contribution >= 4 is 0 Å². The Balaban J connectivity index is 1.46. The van der Waals surface area contributed by atoms with Gasteiger partial charge in [-0.25, -0.2) is 0 Å². The van der Waals surface area contributed by atoms with Crippen molar-refractivity contribution in [1.29, 1.82) is 0 Å². The van der Waals surface area contributed by atoms with E-state index < -0.39 is 36.8 Å². The predicted octanol–water partition coefficient (Wildman–Crippen LogP) is 7.10. The van der Waals surface area contributed by atoms with Gasteiger partial charge in [-0.15, -0.1) is 0 Å². The number of hydrogen-bond acceptors (Lipinski definition) is 8. The minimum Gasteiger partial charge on any atom is -0.374 e. The number of ether oxygens (including phenoxy) is 8. The van der Waals surface area contributed by atoms with Gasteiger partial charge in [-0.2, -0.15) is 0 Å². The smallest absolute Gasteiger partial charge is 0.187 e.